The lowest BCUT2D eigenvalue weighted by Crippen LogP contribution is -2.33. The van der Waals surface area contributed by atoms with Crippen molar-refractivity contribution in [1.29, 1.82) is 0 Å². The van der Waals surface area contributed by atoms with E-state index in [-0.39, 0.29) is 18.6 Å². The Morgan fingerprint density at radius 3 is 2.33 bits per heavy atom. The van der Waals surface area contributed by atoms with Crippen LogP contribution in [0.4, 0.5) is 0 Å². The van der Waals surface area contributed by atoms with Gasteiger partial charge in [0, 0.05) is 4.92 Å². The molecule has 0 aromatic rings. The van der Waals surface area contributed by atoms with E-state index >= 15 is 0 Å². The Morgan fingerprint density at radius 2 is 1.94 bits per heavy atom. The highest BCUT2D eigenvalue weighted by atomic mass is 16.6. The van der Waals surface area contributed by atoms with Crippen molar-refractivity contribution in [2.75, 3.05) is 14.2 Å². The van der Waals surface area contributed by atoms with Crippen LogP contribution in [-0.4, -0.2) is 48.0 Å². The number of carbonyl (C=O) groups is 2. The molecule has 0 spiro atoms. The third kappa shape index (κ3) is 5.23. The molecular formula is C9H14N2O7. The van der Waals surface area contributed by atoms with Crippen LogP contribution in [0.1, 0.15) is 19.3 Å². The van der Waals surface area contributed by atoms with Gasteiger partial charge in [-0.2, -0.15) is 0 Å². The summed E-state index contributed by atoms with van der Waals surface area (Å²) in [5.74, 6) is -1.59. The van der Waals surface area contributed by atoms with E-state index in [4.69, 9.17) is 5.21 Å². The van der Waals surface area contributed by atoms with Crippen molar-refractivity contribution in [3.63, 3.8) is 0 Å². The number of ether oxygens (including phenoxy) is 2. The van der Waals surface area contributed by atoms with Crippen molar-refractivity contribution in [3.05, 3.63) is 10.1 Å². The fourth-order valence-corrected chi connectivity index (χ4v) is 1.14. The third-order valence-corrected chi connectivity index (χ3v) is 2.14. The lowest BCUT2D eigenvalue weighted by molar-refractivity contribution is -0.508. The minimum absolute atomic E-state index is 0.0372. The van der Waals surface area contributed by atoms with Crippen molar-refractivity contribution in [1.82, 2.24) is 0 Å². The van der Waals surface area contributed by atoms with E-state index in [0.717, 1.165) is 7.11 Å². The van der Waals surface area contributed by atoms with Gasteiger partial charge in [-0.25, -0.2) is 4.79 Å². The van der Waals surface area contributed by atoms with Crippen molar-refractivity contribution in [3.8, 4) is 0 Å². The highest BCUT2D eigenvalue weighted by Crippen LogP contribution is 2.07. The summed E-state index contributed by atoms with van der Waals surface area (Å²) in [6.45, 7) is 0. The van der Waals surface area contributed by atoms with Crippen LogP contribution in [0.25, 0.3) is 0 Å². The molecule has 0 amide bonds. The third-order valence-electron chi connectivity index (χ3n) is 2.14. The number of nitro groups is 1. The van der Waals surface area contributed by atoms with Crippen LogP contribution >= 0.6 is 0 Å². The summed E-state index contributed by atoms with van der Waals surface area (Å²) in [7, 11) is 2.20. The van der Waals surface area contributed by atoms with Gasteiger partial charge in [0.1, 0.15) is 0 Å². The molecule has 0 aliphatic carbocycles. The molecule has 1 N–H and O–H groups in total. The van der Waals surface area contributed by atoms with E-state index in [0.29, 0.717) is 0 Å². The molecule has 0 aliphatic rings. The lowest BCUT2D eigenvalue weighted by Gasteiger charge is -2.08. The highest BCUT2D eigenvalue weighted by molar-refractivity contribution is 5.91. The summed E-state index contributed by atoms with van der Waals surface area (Å²) < 4.78 is 8.62. The fourth-order valence-electron chi connectivity index (χ4n) is 1.14. The second-order valence-corrected chi connectivity index (χ2v) is 3.27. The number of hydrogen-bond acceptors (Lipinski definition) is 8. The zero-order valence-corrected chi connectivity index (χ0v) is 9.99. The molecule has 102 valence electrons. The molecule has 0 heterocycles. The highest BCUT2D eigenvalue weighted by Gasteiger charge is 2.32. The Balaban J connectivity index is 4.54. The van der Waals surface area contributed by atoms with Crippen LogP contribution in [0, 0.1) is 10.1 Å². The molecule has 9 heteroatoms. The molecule has 0 aliphatic heterocycles. The van der Waals surface area contributed by atoms with Crippen molar-refractivity contribution in [2.45, 2.75) is 25.3 Å². The van der Waals surface area contributed by atoms with Gasteiger partial charge in [-0.3, -0.25) is 14.9 Å². The van der Waals surface area contributed by atoms with Crippen LogP contribution in [0.15, 0.2) is 5.16 Å². The molecule has 0 radical (unpaired) electrons. The Morgan fingerprint density at radius 1 is 1.33 bits per heavy atom. The molecule has 0 saturated carbocycles. The predicted octanol–water partition coefficient (Wildman–Crippen LogP) is -0.0218. The van der Waals surface area contributed by atoms with Gasteiger partial charge in [-0.05, 0) is 6.42 Å². The number of carbonyl (C=O) groups excluding carboxylic acids is 2. The predicted molar refractivity (Wildman–Crippen MR) is 57.9 cm³/mol. The molecule has 0 aromatic carbocycles. The van der Waals surface area contributed by atoms with Crippen molar-refractivity contribution < 1.29 is 29.2 Å². The average molecular weight is 262 g/mol. The Hall–Kier alpha value is -2.19. The largest absolute Gasteiger partial charge is 0.469 e. The topological polar surface area (TPSA) is 128 Å². The SMILES string of the molecule is COC(=O)CC/C(CC(C(=O)OC)[N+](=O)[O-])=N\O. The van der Waals surface area contributed by atoms with Crippen molar-refractivity contribution >= 4 is 17.7 Å². The quantitative estimate of drug-likeness (QED) is 0.224. The van der Waals surface area contributed by atoms with Crippen LogP contribution in [-0.2, 0) is 19.1 Å². The zero-order valence-electron chi connectivity index (χ0n) is 9.99. The Labute approximate surface area is 103 Å². The maximum absolute atomic E-state index is 11.1. The van der Waals surface area contributed by atoms with Gasteiger partial charge in [0.15, 0.2) is 0 Å². The first-order chi connectivity index (χ1) is 8.46. The van der Waals surface area contributed by atoms with Gasteiger partial charge in [-0.15, -0.1) is 0 Å². The van der Waals surface area contributed by atoms with Gasteiger partial charge >= 0.3 is 18.0 Å². The maximum atomic E-state index is 11.1. The van der Waals surface area contributed by atoms with Crippen LogP contribution in [0.3, 0.4) is 0 Å². The van der Waals surface area contributed by atoms with Gasteiger partial charge in [0.25, 0.3) is 0 Å². The molecule has 1 atom stereocenters. The smallest absolute Gasteiger partial charge is 0.381 e. The molecule has 9 nitrogen and oxygen atoms in total. The number of hydrogen-bond donors (Lipinski definition) is 1. The lowest BCUT2D eigenvalue weighted by atomic mass is 10.1. The second-order valence-electron chi connectivity index (χ2n) is 3.27. The van der Waals surface area contributed by atoms with E-state index < -0.39 is 29.3 Å². The molecule has 0 rings (SSSR count). The summed E-state index contributed by atoms with van der Waals surface area (Å²) >= 11 is 0. The summed E-state index contributed by atoms with van der Waals surface area (Å²) in [6, 6.07) is -1.65. The minimum atomic E-state index is -1.65. The fraction of sp³-hybridized carbons (Fsp3) is 0.667. The molecular weight excluding hydrogens is 248 g/mol. The molecule has 0 aromatic heterocycles. The Bertz CT molecular complexity index is 353. The van der Waals surface area contributed by atoms with Gasteiger partial charge < -0.3 is 14.7 Å². The monoisotopic (exact) mass is 262 g/mol. The number of oxime groups is 1. The Kier molecular flexibility index (Phi) is 7.01. The summed E-state index contributed by atoms with van der Waals surface area (Å²) in [4.78, 5) is 31.7. The first-order valence-electron chi connectivity index (χ1n) is 4.94. The molecule has 18 heavy (non-hydrogen) atoms. The summed E-state index contributed by atoms with van der Waals surface area (Å²) in [6.07, 6.45) is -0.556. The van der Waals surface area contributed by atoms with E-state index in [1.807, 2.05) is 0 Å². The zero-order chi connectivity index (χ0) is 14.1. The van der Waals surface area contributed by atoms with Crippen LogP contribution < -0.4 is 0 Å². The standard InChI is InChI=1S/C9H14N2O7/c1-17-8(12)4-3-6(10-14)5-7(11(15)16)9(13)18-2/h7,14H,3-5H2,1-2H3/b10-6+. The molecule has 0 fully saturated rings. The van der Waals surface area contributed by atoms with Crippen molar-refractivity contribution in [2.24, 2.45) is 5.16 Å². The van der Waals surface area contributed by atoms with E-state index in [1.165, 1.54) is 7.11 Å². The minimum Gasteiger partial charge on any atom is -0.469 e. The van der Waals surface area contributed by atoms with Crippen LogP contribution in [0.2, 0.25) is 0 Å². The number of nitrogens with zero attached hydrogens (tertiary/aromatic N) is 2. The van der Waals surface area contributed by atoms with E-state index in [2.05, 4.69) is 14.6 Å². The van der Waals surface area contributed by atoms with E-state index in [9.17, 15) is 19.7 Å². The van der Waals surface area contributed by atoms with Gasteiger partial charge in [-0.1, -0.05) is 5.16 Å². The number of esters is 2. The molecule has 0 saturated heterocycles. The summed E-state index contributed by atoms with van der Waals surface area (Å²) in [5.41, 5.74) is -0.0486. The van der Waals surface area contributed by atoms with Gasteiger partial charge in [0.05, 0.1) is 32.8 Å². The first-order valence-corrected chi connectivity index (χ1v) is 4.94. The molecule has 1 unspecified atom stereocenters. The van der Waals surface area contributed by atoms with Gasteiger partial charge in [0.2, 0.25) is 0 Å². The first kappa shape index (κ1) is 15.8. The second kappa shape index (κ2) is 7.98. The number of rotatable bonds is 7. The maximum Gasteiger partial charge on any atom is 0.381 e. The average Bonchev–Trinajstić information content (AvgIpc) is 2.37. The molecule has 0 bridgehead atoms. The van der Waals surface area contributed by atoms with E-state index in [1.54, 1.807) is 0 Å². The summed E-state index contributed by atoms with van der Waals surface area (Å²) in [5, 5.41) is 22.1. The number of methoxy groups -OCH3 is 2. The van der Waals surface area contributed by atoms with Crippen LogP contribution in [0.5, 0.6) is 0 Å². The normalized spacial score (nSPS) is 12.7.